The molecule has 8 unspecified atom stereocenters. The molecule has 0 aromatic heterocycles. The molecule has 0 aliphatic heterocycles. The predicted octanol–water partition coefficient (Wildman–Crippen LogP) is 6.59. The molecular formula is C24H37N. The Morgan fingerprint density at radius 2 is 1.60 bits per heavy atom. The minimum Gasteiger partial charge on any atom is -0.198 e. The van der Waals surface area contributed by atoms with Crippen LogP contribution in [0.3, 0.4) is 0 Å². The van der Waals surface area contributed by atoms with Gasteiger partial charge in [-0.25, -0.2) is 0 Å². The molecule has 138 valence electrons. The molecule has 0 radical (unpaired) electrons. The van der Waals surface area contributed by atoms with Gasteiger partial charge in [0.05, 0.1) is 6.07 Å². The lowest BCUT2D eigenvalue weighted by atomic mass is 9.43. The van der Waals surface area contributed by atoms with E-state index >= 15 is 0 Å². The van der Waals surface area contributed by atoms with Gasteiger partial charge in [0, 0.05) is 5.92 Å². The third-order valence-corrected chi connectivity index (χ3v) is 10.5. The van der Waals surface area contributed by atoms with Crippen LogP contribution in [0.1, 0.15) is 90.9 Å². The van der Waals surface area contributed by atoms with Gasteiger partial charge in [0.2, 0.25) is 0 Å². The van der Waals surface area contributed by atoms with Gasteiger partial charge in [-0.2, -0.15) is 5.26 Å². The van der Waals surface area contributed by atoms with Gasteiger partial charge < -0.3 is 0 Å². The van der Waals surface area contributed by atoms with Crippen molar-refractivity contribution in [2.75, 3.05) is 0 Å². The molecule has 0 amide bonds. The Morgan fingerprint density at radius 3 is 2.44 bits per heavy atom. The Hall–Kier alpha value is -0.510. The molecule has 0 N–H and O–H groups in total. The van der Waals surface area contributed by atoms with E-state index in [0.29, 0.717) is 16.7 Å². The zero-order valence-corrected chi connectivity index (χ0v) is 16.5. The summed E-state index contributed by atoms with van der Waals surface area (Å²) in [5, 5.41) is 9.43. The van der Waals surface area contributed by atoms with E-state index in [-0.39, 0.29) is 0 Å². The van der Waals surface area contributed by atoms with E-state index in [2.05, 4.69) is 19.9 Å². The number of hydrogen-bond acceptors (Lipinski definition) is 1. The maximum absolute atomic E-state index is 9.43. The molecule has 1 spiro atoms. The van der Waals surface area contributed by atoms with Gasteiger partial charge in [-0.3, -0.25) is 0 Å². The average Bonchev–Trinajstić information content (AvgIpc) is 3.01. The molecule has 0 heterocycles. The van der Waals surface area contributed by atoms with Crippen molar-refractivity contribution in [2.24, 2.45) is 52.3 Å². The fraction of sp³-hybridized carbons (Fsp3) is 0.958. The molecule has 0 aromatic rings. The van der Waals surface area contributed by atoms with Crippen LogP contribution in [-0.2, 0) is 0 Å². The molecular weight excluding hydrogens is 302 g/mol. The first-order valence-electron chi connectivity index (χ1n) is 11.5. The van der Waals surface area contributed by atoms with Gasteiger partial charge in [0.1, 0.15) is 0 Å². The van der Waals surface area contributed by atoms with Gasteiger partial charge in [0.25, 0.3) is 0 Å². The summed E-state index contributed by atoms with van der Waals surface area (Å²) < 4.78 is 0. The Balaban J connectivity index is 1.41. The van der Waals surface area contributed by atoms with E-state index in [1.54, 1.807) is 6.42 Å². The van der Waals surface area contributed by atoms with Crippen LogP contribution in [-0.4, -0.2) is 0 Å². The molecule has 0 bridgehead atoms. The van der Waals surface area contributed by atoms with E-state index < -0.39 is 0 Å². The summed E-state index contributed by atoms with van der Waals surface area (Å²) in [6.45, 7) is 5.20. The normalized spacial score (nSPS) is 57.6. The lowest BCUT2D eigenvalue weighted by Crippen LogP contribution is -2.54. The minimum absolute atomic E-state index is 0.375. The molecule has 1 nitrogen and oxygen atoms in total. The van der Waals surface area contributed by atoms with Crippen molar-refractivity contribution in [1.29, 1.82) is 5.26 Å². The SMILES string of the molecule is C[C@@H]1CCC2(C)C(CCC3C2CCC24CCC(C#N)CC2CCC34)C1. The smallest absolute Gasteiger partial charge is 0.0655 e. The number of hydrogen-bond donors (Lipinski definition) is 0. The second-order valence-electron chi connectivity index (χ2n) is 11.2. The van der Waals surface area contributed by atoms with Crippen LogP contribution in [0, 0.1) is 63.6 Å². The summed E-state index contributed by atoms with van der Waals surface area (Å²) in [5.74, 6) is 6.36. The lowest BCUT2D eigenvalue weighted by Gasteiger charge is -2.62. The zero-order valence-electron chi connectivity index (χ0n) is 16.5. The highest BCUT2D eigenvalue weighted by atomic mass is 14.7. The van der Waals surface area contributed by atoms with Gasteiger partial charge in [-0.15, -0.1) is 0 Å². The van der Waals surface area contributed by atoms with Gasteiger partial charge in [0.15, 0.2) is 0 Å². The van der Waals surface area contributed by atoms with Crippen molar-refractivity contribution in [3.63, 3.8) is 0 Å². The maximum atomic E-state index is 9.43. The van der Waals surface area contributed by atoms with Crippen molar-refractivity contribution in [2.45, 2.75) is 90.9 Å². The minimum atomic E-state index is 0.375. The van der Waals surface area contributed by atoms with Crippen molar-refractivity contribution in [3.05, 3.63) is 0 Å². The standard InChI is InChI=1S/C24H37N/c1-16-7-10-23(2)18(13-16)3-5-20-21(23)9-12-24-11-8-17(15-25)14-19(24)4-6-22(20)24/h16-22H,3-14H2,1-2H3/t16-,17?,18?,19?,20?,21?,22?,23?,24?/m1/s1. The zero-order chi connectivity index (χ0) is 17.2. The van der Waals surface area contributed by atoms with Crippen LogP contribution >= 0.6 is 0 Å². The molecule has 0 saturated heterocycles. The number of nitrogens with zero attached hydrogens (tertiary/aromatic N) is 1. The summed E-state index contributed by atoms with van der Waals surface area (Å²) in [5.41, 5.74) is 1.33. The molecule has 5 fully saturated rings. The van der Waals surface area contributed by atoms with E-state index in [1.807, 2.05) is 0 Å². The monoisotopic (exact) mass is 339 g/mol. The molecule has 5 aliphatic carbocycles. The third kappa shape index (κ3) is 2.25. The van der Waals surface area contributed by atoms with Crippen molar-refractivity contribution >= 4 is 0 Å². The number of nitriles is 1. The topological polar surface area (TPSA) is 23.8 Å². The summed E-state index contributed by atoms with van der Waals surface area (Å²) in [6, 6.07) is 2.61. The predicted molar refractivity (Wildman–Crippen MR) is 102 cm³/mol. The van der Waals surface area contributed by atoms with Gasteiger partial charge in [-0.1, -0.05) is 20.3 Å². The summed E-state index contributed by atoms with van der Waals surface area (Å²) >= 11 is 0. The summed E-state index contributed by atoms with van der Waals surface area (Å²) in [4.78, 5) is 0. The van der Waals surface area contributed by atoms with Crippen LogP contribution < -0.4 is 0 Å². The number of fused-ring (bicyclic) bond motifs is 4. The third-order valence-electron chi connectivity index (χ3n) is 10.5. The Kier molecular flexibility index (Phi) is 3.82. The second kappa shape index (κ2) is 5.74. The molecule has 5 aliphatic rings. The van der Waals surface area contributed by atoms with E-state index in [4.69, 9.17) is 0 Å². The largest absolute Gasteiger partial charge is 0.198 e. The van der Waals surface area contributed by atoms with E-state index in [0.717, 1.165) is 35.5 Å². The van der Waals surface area contributed by atoms with Crippen LogP contribution in [0.4, 0.5) is 0 Å². The van der Waals surface area contributed by atoms with Crippen LogP contribution in [0.15, 0.2) is 0 Å². The fourth-order valence-corrected chi connectivity index (χ4v) is 9.28. The average molecular weight is 340 g/mol. The van der Waals surface area contributed by atoms with Crippen molar-refractivity contribution in [3.8, 4) is 6.07 Å². The molecule has 1 heteroatoms. The first kappa shape index (κ1) is 16.6. The van der Waals surface area contributed by atoms with Crippen molar-refractivity contribution < 1.29 is 0 Å². The van der Waals surface area contributed by atoms with Crippen LogP contribution in [0.2, 0.25) is 0 Å². The summed E-state index contributed by atoms with van der Waals surface area (Å²) in [6.07, 6.45) is 17.4. The first-order valence-corrected chi connectivity index (χ1v) is 11.5. The summed E-state index contributed by atoms with van der Waals surface area (Å²) in [7, 11) is 0. The Morgan fingerprint density at radius 1 is 0.800 bits per heavy atom. The quantitative estimate of drug-likeness (QED) is 0.488. The van der Waals surface area contributed by atoms with Crippen LogP contribution in [0.25, 0.3) is 0 Å². The van der Waals surface area contributed by atoms with Gasteiger partial charge in [-0.05, 0) is 117 Å². The van der Waals surface area contributed by atoms with Crippen LogP contribution in [0.5, 0.6) is 0 Å². The molecule has 9 atom stereocenters. The molecule has 25 heavy (non-hydrogen) atoms. The molecule has 5 saturated carbocycles. The molecule has 5 rings (SSSR count). The van der Waals surface area contributed by atoms with E-state index in [9.17, 15) is 5.26 Å². The highest BCUT2D eigenvalue weighted by Crippen LogP contribution is 2.70. The van der Waals surface area contributed by atoms with Gasteiger partial charge >= 0.3 is 0 Å². The Labute approximate surface area is 154 Å². The Bertz CT molecular complexity index is 575. The molecule has 0 aromatic carbocycles. The highest BCUT2D eigenvalue weighted by Gasteiger charge is 2.62. The maximum Gasteiger partial charge on any atom is 0.0655 e. The number of rotatable bonds is 0. The fourth-order valence-electron chi connectivity index (χ4n) is 9.28. The van der Waals surface area contributed by atoms with Crippen molar-refractivity contribution in [1.82, 2.24) is 0 Å². The highest BCUT2D eigenvalue weighted by molar-refractivity contribution is 5.12. The first-order chi connectivity index (χ1) is 12.1. The second-order valence-corrected chi connectivity index (χ2v) is 11.2. The lowest BCUT2D eigenvalue weighted by molar-refractivity contribution is -0.129. The van der Waals surface area contributed by atoms with E-state index in [1.165, 1.54) is 70.6 Å².